The molecule has 0 atom stereocenters. The maximum Gasteiger partial charge on any atom is 0.265 e. The van der Waals surface area contributed by atoms with E-state index in [0.29, 0.717) is 11.4 Å². The van der Waals surface area contributed by atoms with Crippen LogP contribution in [0.5, 0.6) is 11.6 Å². The van der Waals surface area contributed by atoms with Gasteiger partial charge in [0.15, 0.2) is 0 Å². The molecular weight excluding hydrogens is 388 g/mol. The summed E-state index contributed by atoms with van der Waals surface area (Å²) in [7, 11) is -3.89. The molecule has 0 bridgehead atoms. The zero-order valence-corrected chi connectivity index (χ0v) is 16.0. The Morgan fingerprint density at radius 1 is 0.828 bits per heavy atom. The van der Waals surface area contributed by atoms with E-state index in [1.54, 1.807) is 24.3 Å². The zero-order valence-electron chi connectivity index (χ0n) is 15.1. The molecule has 4 aromatic rings. The minimum absolute atomic E-state index is 0.0132. The summed E-state index contributed by atoms with van der Waals surface area (Å²) in [5.41, 5.74) is 1.32. The summed E-state index contributed by atoms with van der Waals surface area (Å²) in [6.45, 7) is 0. The first-order valence-corrected chi connectivity index (χ1v) is 10.2. The second-order valence-electron chi connectivity index (χ2n) is 5.99. The van der Waals surface area contributed by atoms with Crippen LogP contribution in [0.4, 0.5) is 5.95 Å². The first-order valence-electron chi connectivity index (χ1n) is 8.70. The van der Waals surface area contributed by atoms with E-state index in [1.807, 2.05) is 48.5 Å². The van der Waals surface area contributed by atoms with Crippen molar-refractivity contribution in [2.24, 2.45) is 0 Å². The summed E-state index contributed by atoms with van der Waals surface area (Å²) in [5, 5.41) is 0. The van der Waals surface area contributed by atoms with Crippen LogP contribution in [-0.2, 0) is 10.0 Å². The van der Waals surface area contributed by atoms with Gasteiger partial charge in [-0.1, -0.05) is 48.5 Å². The summed E-state index contributed by atoms with van der Waals surface area (Å²) in [4.78, 5) is 12.4. The highest BCUT2D eigenvalue weighted by atomic mass is 32.2. The van der Waals surface area contributed by atoms with Crippen molar-refractivity contribution in [3.05, 3.63) is 91.3 Å². The van der Waals surface area contributed by atoms with E-state index >= 15 is 0 Å². The monoisotopic (exact) mass is 404 g/mol. The predicted molar refractivity (Wildman–Crippen MR) is 109 cm³/mol. The second-order valence-corrected chi connectivity index (χ2v) is 7.67. The third-order valence-electron chi connectivity index (χ3n) is 3.91. The van der Waals surface area contributed by atoms with Crippen molar-refractivity contribution in [3.8, 4) is 22.9 Å². The van der Waals surface area contributed by atoms with Crippen molar-refractivity contribution in [1.29, 1.82) is 0 Å². The molecule has 2 aromatic carbocycles. The standard InChI is InChI=1S/C21H16N4O3S/c26-29(27,18-12-7-13-22-15-18)25-21-23-19(16-8-3-1-4-9-16)14-20(24-21)28-17-10-5-2-6-11-17/h1-15H,(H,23,24,25). The quantitative estimate of drug-likeness (QED) is 0.519. The molecule has 0 saturated carbocycles. The Hall–Kier alpha value is -3.78. The molecule has 2 heterocycles. The number of sulfonamides is 1. The Morgan fingerprint density at radius 2 is 1.55 bits per heavy atom. The van der Waals surface area contributed by atoms with E-state index < -0.39 is 10.0 Å². The van der Waals surface area contributed by atoms with Gasteiger partial charge in [-0.3, -0.25) is 4.98 Å². The van der Waals surface area contributed by atoms with Crippen LogP contribution in [0, 0.1) is 0 Å². The van der Waals surface area contributed by atoms with E-state index in [0.717, 1.165) is 5.56 Å². The first-order chi connectivity index (χ1) is 14.1. The first kappa shape index (κ1) is 18.6. The Balaban J connectivity index is 1.73. The van der Waals surface area contributed by atoms with Crippen LogP contribution in [0.25, 0.3) is 11.3 Å². The van der Waals surface area contributed by atoms with Crippen LogP contribution in [0.15, 0.2) is 96.2 Å². The number of hydrogen-bond donors (Lipinski definition) is 1. The van der Waals surface area contributed by atoms with Gasteiger partial charge in [0.05, 0.1) is 5.69 Å². The average Bonchev–Trinajstić information content (AvgIpc) is 2.75. The number of benzene rings is 2. The number of nitrogens with zero attached hydrogens (tertiary/aromatic N) is 3. The van der Waals surface area contributed by atoms with Crippen LogP contribution in [0.3, 0.4) is 0 Å². The third-order valence-corrected chi connectivity index (χ3v) is 5.22. The summed E-state index contributed by atoms with van der Waals surface area (Å²) < 4.78 is 33.5. The lowest BCUT2D eigenvalue weighted by atomic mass is 10.1. The number of aromatic nitrogens is 3. The minimum Gasteiger partial charge on any atom is -0.439 e. The lowest BCUT2D eigenvalue weighted by Crippen LogP contribution is -2.15. The largest absolute Gasteiger partial charge is 0.439 e. The number of pyridine rings is 1. The normalized spacial score (nSPS) is 11.0. The number of nitrogens with one attached hydrogen (secondary N) is 1. The maximum atomic E-state index is 12.6. The molecule has 29 heavy (non-hydrogen) atoms. The number of ether oxygens (including phenoxy) is 1. The fourth-order valence-corrected chi connectivity index (χ4v) is 3.48. The molecule has 0 amide bonds. The summed E-state index contributed by atoms with van der Waals surface area (Å²) in [6, 6.07) is 23.1. The van der Waals surface area contributed by atoms with Crippen molar-refractivity contribution in [2.45, 2.75) is 4.90 Å². The predicted octanol–water partition coefficient (Wildman–Crippen LogP) is 4.13. The van der Waals surface area contributed by atoms with Gasteiger partial charge in [-0.2, -0.15) is 4.98 Å². The Labute approximate surface area is 168 Å². The highest BCUT2D eigenvalue weighted by molar-refractivity contribution is 7.92. The van der Waals surface area contributed by atoms with E-state index in [2.05, 4.69) is 19.7 Å². The average molecular weight is 404 g/mol. The van der Waals surface area contributed by atoms with Crippen LogP contribution in [0.1, 0.15) is 0 Å². The molecule has 4 rings (SSSR count). The van der Waals surface area contributed by atoms with Gasteiger partial charge >= 0.3 is 0 Å². The van der Waals surface area contributed by atoms with Crippen molar-refractivity contribution in [1.82, 2.24) is 15.0 Å². The molecule has 2 aromatic heterocycles. The number of anilines is 1. The number of hydrogen-bond acceptors (Lipinski definition) is 6. The fourth-order valence-electron chi connectivity index (χ4n) is 2.57. The zero-order chi connectivity index (χ0) is 20.1. The molecule has 0 saturated heterocycles. The van der Waals surface area contributed by atoms with Crippen molar-refractivity contribution in [2.75, 3.05) is 4.72 Å². The second kappa shape index (κ2) is 8.07. The lowest BCUT2D eigenvalue weighted by Gasteiger charge is -2.11. The van der Waals surface area contributed by atoms with Crippen LogP contribution in [0.2, 0.25) is 0 Å². The molecule has 0 radical (unpaired) electrons. The van der Waals surface area contributed by atoms with Gasteiger partial charge in [-0.25, -0.2) is 18.1 Å². The van der Waals surface area contributed by atoms with E-state index in [9.17, 15) is 8.42 Å². The van der Waals surface area contributed by atoms with E-state index in [1.165, 1.54) is 18.5 Å². The summed E-state index contributed by atoms with van der Waals surface area (Å²) in [6.07, 6.45) is 2.75. The molecular formula is C21H16N4O3S. The minimum atomic E-state index is -3.89. The Kier molecular flexibility index (Phi) is 5.17. The SMILES string of the molecule is O=S(=O)(Nc1nc(Oc2ccccc2)cc(-c2ccccc2)n1)c1cccnc1. The molecule has 0 aliphatic rings. The maximum absolute atomic E-state index is 12.6. The Bertz CT molecular complexity index is 1200. The molecule has 0 aliphatic carbocycles. The van der Waals surface area contributed by atoms with Crippen molar-refractivity contribution >= 4 is 16.0 Å². The third kappa shape index (κ3) is 4.56. The van der Waals surface area contributed by atoms with Gasteiger partial charge in [0.1, 0.15) is 10.6 Å². The molecule has 144 valence electrons. The number of rotatable bonds is 6. The molecule has 0 spiro atoms. The van der Waals surface area contributed by atoms with Gasteiger partial charge < -0.3 is 4.74 Å². The van der Waals surface area contributed by atoms with E-state index in [-0.39, 0.29) is 16.7 Å². The van der Waals surface area contributed by atoms with Crippen LogP contribution in [-0.4, -0.2) is 23.4 Å². The van der Waals surface area contributed by atoms with Crippen molar-refractivity contribution in [3.63, 3.8) is 0 Å². The molecule has 1 N–H and O–H groups in total. The Morgan fingerprint density at radius 3 is 2.24 bits per heavy atom. The summed E-state index contributed by atoms with van der Waals surface area (Å²) in [5.74, 6) is 0.696. The molecule has 0 aliphatic heterocycles. The van der Waals surface area contributed by atoms with Gasteiger partial charge in [-0.05, 0) is 24.3 Å². The highest BCUT2D eigenvalue weighted by Gasteiger charge is 2.18. The van der Waals surface area contributed by atoms with E-state index in [4.69, 9.17) is 4.74 Å². The molecule has 8 heteroatoms. The summed E-state index contributed by atoms with van der Waals surface area (Å²) >= 11 is 0. The molecule has 7 nitrogen and oxygen atoms in total. The highest BCUT2D eigenvalue weighted by Crippen LogP contribution is 2.26. The lowest BCUT2D eigenvalue weighted by molar-refractivity contribution is 0.463. The van der Waals surface area contributed by atoms with Gasteiger partial charge in [0.25, 0.3) is 10.0 Å². The van der Waals surface area contributed by atoms with Gasteiger partial charge in [0.2, 0.25) is 11.8 Å². The van der Waals surface area contributed by atoms with Crippen molar-refractivity contribution < 1.29 is 13.2 Å². The molecule has 0 fully saturated rings. The van der Waals surface area contributed by atoms with Crippen LogP contribution < -0.4 is 9.46 Å². The smallest absolute Gasteiger partial charge is 0.265 e. The molecule has 0 unspecified atom stereocenters. The fraction of sp³-hybridized carbons (Fsp3) is 0. The van der Waals surface area contributed by atoms with Crippen LogP contribution >= 0.6 is 0 Å². The topological polar surface area (TPSA) is 94.1 Å². The van der Waals surface area contributed by atoms with Gasteiger partial charge in [-0.15, -0.1) is 0 Å². The number of para-hydroxylation sites is 1. The van der Waals surface area contributed by atoms with Gasteiger partial charge in [0, 0.05) is 24.0 Å².